The van der Waals surface area contributed by atoms with Crippen molar-refractivity contribution in [1.82, 2.24) is 9.97 Å². The van der Waals surface area contributed by atoms with Crippen molar-refractivity contribution >= 4 is 40.0 Å². The number of halogens is 2. The molecule has 1 aliphatic carbocycles. The van der Waals surface area contributed by atoms with Gasteiger partial charge in [0.1, 0.15) is 0 Å². The number of carbonyl (C=O) groups excluding carboxylic acids is 1. The lowest BCUT2D eigenvalue weighted by molar-refractivity contribution is 0.0973. The summed E-state index contributed by atoms with van der Waals surface area (Å²) in [7, 11) is 0. The van der Waals surface area contributed by atoms with E-state index >= 15 is 0 Å². The summed E-state index contributed by atoms with van der Waals surface area (Å²) in [5.41, 5.74) is 6.15. The molecule has 148 valence electrons. The lowest BCUT2D eigenvalue weighted by Crippen LogP contribution is -2.06. The largest absolute Gasteiger partial charge is 0.294 e. The van der Waals surface area contributed by atoms with Gasteiger partial charge in [0.15, 0.2) is 5.78 Å². The molecule has 0 saturated carbocycles. The number of Topliss-reactive ketones (excluding diaryl/α,β-unsaturated/α-hetero) is 1. The van der Waals surface area contributed by atoms with Crippen LogP contribution in [0.3, 0.4) is 0 Å². The molecule has 0 N–H and O–H groups in total. The summed E-state index contributed by atoms with van der Waals surface area (Å²) in [6.45, 7) is 0. The van der Waals surface area contributed by atoms with E-state index in [-0.39, 0.29) is 5.78 Å². The lowest BCUT2D eigenvalue weighted by atomic mass is 9.93. The van der Waals surface area contributed by atoms with Crippen LogP contribution in [0, 0.1) is 0 Å². The Morgan fingerprint density at radius 1 is 1.00 bits per heavy atom. The highest BCUT2D eigenvalue weighted by atomic mass is 35.5. The van der Waals surface area contributed by atoms with Crippen LogP contribution in [-0.2, 0) is 6.42 Å². The second-order valence-electron chi connectivity index (χ2n) is 7.62. The molecular weight excluding hydrogens is 415 g/mol. The highest BCUT2D eigenvalue weighted by molar-refractivity contribution is 6.43. The molecule has 0 amide bonds. The maximum Gasteiger partial charge on any atom is 0.163 e. The minimum absolute atomic E-state index is 0.141. The van der Waals surface area contributed by atoms with Crippen molar-refractivity contribution in [1.29, 1.82) is 0 Å². The monoisotopic (exact) mass is 432 g/mol. The van der Waals surface area contributed by atoms with Gasteiger partial charge in [-0.1, -0.05) is 59.6 Å². The van der Waals surface area contributed by atoms with E-state index in [4.69, 9.17) is 23.2 Å². The summed E-state index contributed by atoms with van der Waals surface area (Å²) >= 11 is 12.4. The molecule has 0 radical (unpaired) electrons. The predicted octanol–water partition coefficient (Wildman–Crippen LogP) is 6.91. The summed E-state index contributed by atoms with van der Waals surface area (Å²) in [5, 5.41) is 0.932. The minimum Gasteiger partial charge on any atom is -0.294 e. The first-order valence-corrected chi connectivity index (χ1v) is 10.7. The van der Waals surface area contributed by atoms with Gasteiger partial charge in [-0.3, -0.25) is 9.78 Å². The van der Waals surface area contributed by atoms with Crippen molar-refractivity contribution in [3.8, 4) is 11.3 Å². The summed E-state index contributed by atoms with van der Waals surface area (Å²) in [6.07, 6.45) is 4.27. The third-order valence-electron chi connectivity index (χ3n) is 5.78. The quantitative estimate of drug-likeness (QED) is 0.329. The average molecular weight is 433 g/mol. The zero-order valence-corrected chi connectivity index (χ0v) is 17.6. The Bertz CT molecular complexity index is 1290. The second-order valence-corrected chi connectivity index (χ2v) is 8.41. The Hall–Kier alpha value is -2.75. The molecule has 4 aromatic rings. The Morgan fingerprint density at radius 2 is 1.87 bits per heavy atom. The normalized spacial score (nSPS) is 15.3. The molecule has 5 rings (SSSR count). The molecule has 1 aromatic heterocycles. The number of hydrogen-bond acceptors (Lipinski definition) is 3. The van der Waals surface area contributed by atoms with Crippen molar-refractivity contribution < 1.29 is 4.79 Å². The zero-order chi connectivity index (χ0) is 20.7. The number of aryl methyl sites for hydroxylation is 1. The van der Waals surface area contributed by atoms with Crippen LogP contribution in [0.4, 0.5) is 0 Å². The van der Waals surface area contributed by atoms with Crippen LogP contribution < -0.4 is 0 Å². The molecule has 3 aromatic carbocycles. The number of nitrogens with zero attached hydrogens (tertiary/aromatic N) is 2. The fourth-order valence-corrected chi connectivity index (χ4v) is 4.61. The Balaban J connectivity index is 1.42. The Kier molecular flexibility index (Phi) is 5.01. The first kappa shape index (κ1) is 19.2. The highest BCUT2D eigenvalue weighted by Gasteiger charge is 2.24. The van der Waals surface area contributed by atoms with Crippen LogP contribution in [-0.4, -0.2) is 15.8 Å². The fraction of sp³-hybridized carbons (Fsp3) is 0.160. The SMILES string of the molecule is O=C(C[C@H]1CCc2ccccc21)c1ccc2nc(-c3cccc(Cl)c3Cl)cnc2c1. The number of carbonyl (C=O) groups is 1. The number of ketones is 1. The molecule has 30 heavy (non-hydrogen) atoms. The third kappa shape index (κ3) is 3.49. The van der Waals surface area contributed by atoms with Gasteiger partial charge in [0.2, 0.25) is 0 Å². The zero-order valence-electron chi connectivity index (χ0n) is 16.1. The molecule has 0 bridgehead atoms. The summed E-state index contributed by atoms with van der Waals surface area (Å²) in [6, 6.07) is 19.4. The summed E-state index contributed by atoms with van der Waals surface area (Å²) in [5.74, 6) is 0.435. The van der Waals surface area contributed by atoms with E-state index in [1.165, 1.54) is 11.1 Å². The van der Waals surface area contributed by atoms with Gasteiger partial charge in [-0.05, 0) is 54.2 Å². The number of fused-ring (bicyclic) bond motifs is 2. The van der Waals surface area contributed by atoms with Gasteiger partial charge in [-0.25, -0.2) is 4.98 Å². The molecule has 1 atom stereocenters. The van der Waals surface area contributed by atoms with Gasteiger partial charge >= 0.3 is 0 Å². The van der Waals surface area contributed by atoms with E-state index in [0.29, 0.717) is 44.7 Å². The average Bonchev–Trinajstić information content (AvgIpc) is 3.18. The van der Waals surface area contributed by atoms with Crippen molar-refractivity contribution in [2.24, 2.45) is 0 Å². The van der Waals surface area contributed by atoms with Gasteiger partial charge in [-0.2, -0.15) is 0 Å². The molecule has 0 fully saturated rings. The number of hydrogen-bond donors (Lipinski definition) is 0. The molecular formula is C25H18Cl2N2O. The summed E-state index contributed by atoms with van der Waals surface area (Å²) in [4.78, 5) is 22.1. The molecule has 3 nitrogen and oxygen atoms in total. The molecule has 0 spiro atoms. The fourth-order valence-electron chi connectivity index (χ4n) is 4.21. The Morgan fingerprint density at radius 3 is 2.77 bits per heavy atom. The van der Waals surface area contributed by atoms with Gasteiger partial charge in [0.05, 0.1) is 33.0 Å². The van der Waals surface area contributed by atoms with Crippen molar-refractivity contribution in [2.45, 2.75) is 25.2 Å². The molecule has 0 unspecified atom stereocenters. The number of rotatable bonds is 4. The van der Waals surface area contributed by atoms with Crippen LogP contribution in [0.1, 0.15) is 40.2 Å². The summed E-state index contributed by atoms with van der Waals surface area (Å²) < 4.78 is 0. The van der Waals surface area contributed by atoms with E-state index < -0.39 is 0 Å². The van der Waals surface area contributed by atoms with Crippen LogP contribution in [0.15, 0.2) is 66.9 Å². The molecule has 0 aliphatic heterocycles. The standard InChI is InChI=1S/C25H18Cl2N2O/c26-20-7-3-6-19(25(20)27)23-14-28-22-12-17(10-11-21(22)29-23)24(30)13-16-9-8-15-4-1-2-5-18(15)16/h1-7,10-12,14,16H,8-9,13H2/t16-/m1/s1. The first-order chi connectivity index (χ1) is 14.6. The second kappa shape index (κ2) is 7.82. The lowest BCUT2D eigenvalue weighted by Gasteiger charge is -2.11. The van der Waals surface area contributed by atoms with Gasteiger partial charge < -0.3 is 0 Å². The Labute approximate surface area is 184 Å². The van der Waals surface area contributed by atoms with E-state index in [2.05, 4.69) is 34.2 Å². The maximum atomic E-state index is 12.9. The van der Waals surface area contributed by atoms with E-state index in [9.17, 15) is 4.79 Å². The number of benzene rings is 3. The minimum atomic E-state index is 0.141. The van der Waals surface area contributed by atoms with E-state index in [0.717, 1.165) is 18.4 Å². The molecule has 5 heteroatoms. The van der Waals surface area contributed by atoms with Gasteiger partial charge in [0, 0.05) is 17.5 Å². The molecule has 1 heterocycles. The highest BCUT2D eigenvalue weighted by Crippen LogP contribution is 2.36. The van der Waals surface area contributed by atoms with Gasteiger partial charge in [0.25, 0.3) is 0 Å². The van der Waals surface area contributed by atoms with Crippen molar-refractivity contribution in [2.75, 3.05) is 0 Å². The van der Waals surface area contributed by atoms with Crippen LogP contribution >= 0.6 is 23.2 Å². The van der Waals surface area contributed by atoms with Crippen molar-refractivity contribution in [3.05, 3.63) is 93.6 Å². The third-order valence-corrected chi connectivity index (χ3v) is 6.60. The van der Waals surface area contributed by atoms with Crippen LogP contribution in [0.5, 0.6) is 0 Å². The van der Waals surface area contributed by atoms with Crippen LogP contribution in [0.2, 0.25) is 10.0 Å². The van der Waals surface area contributed by atoms with Crippen LogP contribution in [0.25, 0.3) is 22.3 Å². The van der Waals surface area contributed by atoms with E-state index in [1.54, 1.807) is 12.3 Å². The maximum absolute atomic E-state index is 12.9. The topological polar surface area (TPSA) is 42.9 Å². The molecule has 0 saturated heterocycles. The van der Waals surface area contributed by atoms with E-state index in [1.807, 2.05) is 30.3 Å². The predicted molar refractivity (Wildman–Crippen MR) is 121 cm³/mol. The number of aromatic nitrogens is 2. The van der Waals surface area contributed by atoms with Gasteiger partial charge in [-0.15, -0.1) is 0 Å². The smallest absolute Gasteiger partial charge is 0.163 e. The molecule has 1 aliphatic rings. The van der Waals surface area contributed by atoms with Crippen molar-refractivity contribution in [3.63, 3.8) is 0 Å². The first-order valence-electron chi connectivity index (χ1n) is 9.92.